The van der Waals surface area contributed by atoms with Crippen molar-refractivity contribution in [2.24, 2.45) is 0 Å². The lowest BCUT2D eigenvalue weighted by atomic mass is 9.90. The number of hydrogen-bond acceptors (Lipinski definition) is 2. The third-order valence-corrected chi connectivity index (χ3v) is 3.74. The first-order valence-corrected chi connectivity index (χ1v) is 6.33. The number of anilines is 1. The van der Waals surface area contributed by atoms with Crippen LogP contribution in [0.2, 0.25) is 0 Å². The molecule has 0 aromatic heterocycles. The number of nitriles is 1. The SMILES string of the molecule is Cc1cc(C)c(-c2ccc(N)c(C#N)c2C)cc1C. The van der Waals surface area contributed by atoms with Crippen molar-refractivity contribution < 1.29 is 0 Å². The maximum absolute atomic E-state index is 9.21. The summed E-state index contributed by atoms with van der Waals surface area (Å²) in [5, 5.41) is 9.21. The molecule has 0 unspecified atom stereocenters. The molecule has 0 aliphatic rings. The average Bonchev–Trinajstić information content (AvgIpc) is 2.35. The molecule has 0 aliphatic carbocycles. The van der Waals surface area contributed by atoms with E-state index in [1.807, 2.05) is 19.1 Å². The summed E-state index contributed by atoms with van der Waals surface area (Å²) in [7, 11) is 0. The van der Waals surface area contributed by atoms with E-state index in [-0.39, 0.29) is 0 Å². The van der Waals surface area contributed by atoms with Crippen LogP contribution in [0, 0.1) is 39.0 Å². The third-order valence-electron chi connectivity index (χ3n) is 3.74. The Morgan fingerprint density at radius 3 is 2.16 bits per heavy atom. The van der Waals surface area contributed by atoms with E-state index in [4.69, 9.17) is 5.73 Å². The Morgan fingerprint density at radius 1 is 0.895 bits per heavy atom. The van der Waals surface area contributed by atoms with E-state index in [9.17, 15) is 5.26 Å². The van der Waals surface area contributed by atoms with Crippen molar-refractivity contribution in [3.63, 3.8) is 0 Å². The van der Waals surface area contributed by atoms with E-state index >= 15 is 0 Å². The number of hydrogen-bond donors (Lipinski definition) is 1. The molecule has 2 nitrogen and oxygen atoms in total. The lowest BCUT2D eigenvalue weighted by Gasteiger charge is -2.14. The van der Waals surface area contributed by atoms with E-state index in [0.29, 0.717) is 11.3 Å². The van der Waals surface area contributed by atoms with Crippen LogP contribution in [0.25, 0.3) is 11.1 Å². The lowest BCUT2D eigenvalue weighted by Crippen LogP contribution is -1.97. The molecule has 0 atom stereocenters. The van der Waals surface area contributed by atoms with Crippen molar-refractivity contribution in [3.8, 4) is 17.2 Å². The number of nitrogens with two attached hydrogens (primary N) is 1. The molecule has 2 rings (SSSR count). The van der Waals surface area contributed by atoms with Gasteiger partial charge in [-0.3, -0.25) is 0 Å². The minimum Gasteiger partial charge on any atom is -0.398 e. The Morgan fingerprint density at radius 2 is 1.53 bits per heavy atom. The van der Waals surface area contributed by atoms with Gasteiger partial charge in [0.1, 0.15) is 6.07 Å². The highest BCUT2D eigenvalue weighted by Crippen LogP contribution is 2.32. The fourth-order valence-corrected chi connectivity index (χ4v) is 2.42. The Kier molecular flexibility index (Phi) is 3.31. The fourth-order valence-electron chi connectivity index (χ4n) is 2.42. The first-order valence-electron chi connectivity index (χ1n) is 6.33. The van der Waals surface area contributed by atoms with Crippen LogP contribution in [0.1, 0.15) is 27.8 Å². The molecule has 0 radical (unpaired) electrons. The zero-order valence-electron chi connectivity index (χ0n) is 11.8. The van der Waals surface area contributed by atoms with Crippen LogP contribution in [-0.2, 0) is 0 Å². The molecule has 19 heavy (non-hydrogen) atoms. The van der Waals surface area contributed by atoms with Crippen LogP contribution in [0.5, 0.6) is 0 Å². The second-order valence-corrected chi connectivity index (χ2v) is 5.07. The van der Waals surface area contributed by atoms with Crippen molar-refractivity contribution in [2.75, 3.05) is 5.73 Å². The summed E-state index contributed by atoms with van der Waals surface area (Å²) in [4.78, 5) is 0. The Hall–Kier alpha value is -2.27. The second-order valence-electron chi connectivity index (χ2n) is 5.07. The minimum atomic E-state index is 0.547. The average molecular weight is 250 g/mol. The molecule has 0 amide bonds. The van der Waals surface area contributed by atoms with Gasteiger partial charge in [0.2, 0.25) is 0 Å². The normalized spacial score (nSPS) is 10.3. The molecule has 2 aromatic rings. The topological polar surface area (TPSA) is 49.8 Å². The lowest BCUT2D eigenvalue weighted by molar-refractivity contribution is 1.29. The van der Waals surface area contributed by atoms with Gasteiger partial charge >= 0.3 is 0 Å². The van der Waals surface area contributed by atoms with Gasteiger partial charge in [-0.2, -0.15) is 5.26 Å². The standard InChI is InChI=1S/C17H18N2/c1-10-7-12(3)15(8-11(10)2)14-5-6-17(19)16(9-18)13(14)4/h5-8H,19H2,1-4H3. The predicted octanol–water partition coefficient (Wildman–Crippen LogP) is 4.04. The van der Waals surface area contributed by atoms with E-state index in [1.54, 1.807) is 0 Å². The minimum absolute atomic E-state index is 0.547. The molecule has 0 bridgehead atoms. The molecule has 0 fully saturated rings. The van der Waals surface area contributed by atoms with Crippen LogP contribution in [0.3, 0.4) is 0 Å². The summed E-state index contributed by atoms with van der Waals surface area (Å²) in [5.41, 5.74) is 14.0. The highest BCUT2D eigenvalue weighted by Gasteiger charge is 2.12. The molecule has 0 heterocycles. The fraction of sp³-hybridized carbons (Fsp3) is 0.235. The zero-order chi connectivity index (χ0) is 14.2. The van der Waals surface area contributed by atoms with Crippen molar-refractivity contribution >= 4 is 5.69 Å². The van der Waals surface area contributed by atoms with E-state index in [2.05, 4.69) is 39.0 Å². The second kappa shape index (κ2) is 4.78. The van der Waals surface area contributed by atoms with E-state index in [0.717, 1.165) is 11.1 Å². The smallest absolute Gasteiger partial charge is 0.102 e. The maximum Gasteiger partial charge on any atom is 0.102 e. The summed E-state index contributed by atoms with van der Waals surface area (Å²) >= 11 is 0. The number of benzene rings is 2. The van der Waals surface area contributed by atoms with Crippen molar-refractivity contribution in [2.45, 2.75) is 27.7 Å². The van der Waals surface area contributed by atoms with E-state index in [1.165, 1.54) is 22.3 Å². The molecular weight excluding hydrogens is 232 g/mol. The maximum atomic E-state index is 9.21. The molecule has 2 N–H and O–H groups in total. The summed E-state index contributed by atoms with van der Waals surface area (Å²) in [6.07, 6.45) is 0. The first-order chi connectivity index (χ1) is 8.95. The van der Waals surface area contributed by atoms with E-state index < -0.39 is 0 Å². The molecule has 96 valence electrons. The van der Waals surface area contributed by atoms with Crippen LogP contribution >= 0.6 is 0 Å². The van der Waals surface area contributed by atoms with Crippen LogP contribution in [0.4, 0.5) is 5.69 Å². The predicted molar refractivity (Wildman–Crippen MR) is 80.0 cm³/mol. The van der Waals surface area contributed by atoms with Gasteiger partial charge in [0.25, 0.3) is 0 Å². The zero-order valence-corrected chi connectivity index (χ0v) is 11.8. The Labute approximate surface area is 114 Å². The third kappa shape index (κ3) is 2.20. The quantitative estimate of drug-likeness (QED) is 0.776. The molecule has 2 aromatic carbocycles. The van der Waals surface area contributed by atoms with Crippen molar-refractivity contribution in [3.05, 3.63) is 52.1 Å². The van der Waals surface area contributed by atoms with Crippen LogP contribution in [-0.4, -0.2) is 0 Å². The monoisotopic (exact) mass is 250 g/mol. The summed E-state index contributed by atoms with van der Waals surface area (Å²) in [6.45, 7) is 8.28. The largest absolute Gasteiger partial charge is 0.398 e. The van der Waals surface area contributed by atoms with Crippen LogP contribution in [0.15, 0.2) is 24.3 Å². The van der Waals surface area contributed by atoms with Gasteiger partial charge in [-0.05, 0) is 67.1 Å². The van der Waals surface area contributed by atoms with Crippen molar-refractivity contribution in [1.82, 2.24) is 0 Å². The van der Waals surface area contributed by atoms with Crippen molar-refractivity contribution in [1.29, 1.82) is 5.26 Å². The van der Waals surface area contributed by atoms with Gasteiger partial charge in [-0.25, -0.2) is 0 Å². The van der Waals surface area contributed by atoms with Crippen LogP contribution < -0.4 is 5.73 Å². The molecule has 0 spiro atoms. The summed E-state index contributed by atoms with van der Waals surface area (Å²) < 4.78 is 0. The van der Waals surface area contributed by atoms with Gasteiger partial charge in [0.15, 0.2) is 0 Å². The Bertz CT molecular complexity index is 691. The highest BCUT2D eigenvalue weighted by atomic mass is 14.6. The molecule has 0 aliphatic heterocycles. The summed E-state index contributed by atoms with van der Waals surface area (Å²) in [6, 6.07) is 10.4. The van der Waals surface area contributed by atoms with Gasteiger partial charge in [-0.1, -0.05) is 18.2 Å². The molecule has 2 heteroatoms. The summed E-state index contributed by atoms with van der Waals surface area (Å²) in [5.74, 6) is 0. The molecule has 0 saturated heterocycles. The number of rotatable bonds is 1. The highest BCUT2D eigenvalue weighted by molar-refractivity contribution is 5.77. The van der Waals surface area contributed by atoms with Gasteiger partial charge in [0.05, 0.1) is 5.56 Å². The van der Waals surface area contributed by atoms with Gasteiger partial charge in [0, 0.05) is 5.69 Å². The molecule has 0 saturated carbocycles. The Balaban J connectivity index is 2.74. The number of aryl methyl sites for hydroxylation is 3. The van der Waals surface area contributed by atoms with Gasteiger partial charge in [-0.15, -0.1) is 0 Å². The molecular formula is C17H18N2. The number of nitrogen functional groups attached to an aromatic ring is 1. The first kappa shape index (κ1) is 13.2. The number of nitrogens with zero attached hydrogens (tertiary/aromatic N) is 1. The van der Waals surface area contributed by atoms with Gasteiger partial charge < -0.3 is 5.73 Å².